The minimum atomic E-state index is 0.724. The summed E-state index contributed by atoms with van der Waals surface area (Å²) >= 11 is 18.5. The molecule has 0 unspecified atom stereocenters. The van der Waals surface area contributed by atoms with Crippen molar-refractivity contribution in [2.24, 2.45) is 0 Å². The van der Waals surface area contributed by atoms with E-state index in [0.29, 0.717) is 0 Å². The number of hydrogen-bond acceptors (Lipinski definition) is 10. The van der Waals surface area contributed by atoms with Gasteiger partial charge in [0.2, 0.25) is 0 Å². The van der Waals surface area contributed by atoms with Gasteiger partial charge in [0, 0.05) is 9.75 Å². The van der Waals surface area contributed by atoms with Crippen LogP contribution in [-0.2, 0) is 25.7 Å². The highest BCUT2D eigenvalue weighted by molar-refractivity contribution is 9.11. The van der Waals surface area contributed by atoms with E-state index in [-0.39, 0.29) is 0 Å². The Kier molecular flexibility index (Phi) is 18.6. The SMILES string of the molecule is CCCCCCc1cc(Br)sc1-c1sc(-c2sc(-c3cc(CCCCCC)c(-c4sc(-c5sc(Br)cc5CCCCCC)c(N)c4N)s3)cc2CCCCCC)c(N)c1N. The summed E-state index contributed by atoms with van der Waals surface area (Å²) in [6, 6.07) is 9.51. The monoisotopic (exact) mass is 1050 g/mol. The second kappa shape index (κ2) is 23.3. The Morgan fingerprint density at radius 2 is 0.600 bits per heavy atom. The molecular formula is C48H64Br2N4S6. The van der Waals surface area contributed by atoms with Crippen molar-refractivity contribution in [1.29, 1.82) is 0 Å². The molecule has 0 aromatic carbocycles. The third-order valence-electron chi connectivity index (χ3n) is 11.4. The van der Waals surface area contributed by atoms with Gasteiger partial charge in [-0.3, -0.25) is 0 Å². The first-order chi connectivity index (χ1) is 29.1. The maximum absolute atomic E-state index is 7.04. The number of unbranched alkanes of at least 4 members (excludes halogenated alkanes) is 12. The van der Waals surface area contributed by atoms with Gasteiger partial charge < -0.3 is 22.9 Å². The molecule has 6 aromatic rings. The molecule has 4 nitrogen and oxygen atoms in total. The molecule has 326 valence electrons. The molecule has 0 radical (unpaired) electrons. The van der Waals surface area contributed by atoms with Crippen LogP contribution >= 0.6 is 99.9 Å². The van der Waals surface area contributed by atoms with Gasteiger partial charge in [0.05, 0.1) is 69.3 Å². The number of thiophene rings is 6. The number of hydrogen-bond donors (Lipinski definition) is 4. The first-order valence-electron chi connectivity index (χ1n) is 22.3. The van der Waals surface area contributed by atoms with E-state index in [1.54, 1.807) is 45.3 Å². The zero-order valence-electron chi connectivity index (χ0n) is 36.0. The third kappa shape index (κ3) is 11.5. The minimum Gasteiger partial charge on any atom is -0.396 e. The molecule has 0 amide bonds. The molecule has 6 aromatic heterocycles. The van der Waals surface area contributed by atoms with E-state index in [1.165, 1.54) is 141 Å². The van der Waals surface area contributed by atoms with Crippen LogP contribution in [0.5, 0.6) is 0 Å². The molecule has 0 aliphatic rings. The molecule has 6 rings (SSSR count). The van der Waals surface area contributed by atoms with Gasteiger partial charge in [0.1, 0.15) is 0 Å². The fraction of sp³-hybridized carbons (Fsp3) is 0.500. The Balaban J connectivity index is 1.40. The normalized spacial score (nSPS) is 11.8. The lowest BCUT2D eigenvalue weighted by atomic mass is 10.0. The predicted octanol–water partition coefficient (Wildman–Crippen LogP) is 18.7. The van der Waals surface area contributed by atoms with Gasteiger partial charge >= 0.3 is 0 Å². The molecule has 8 N–H and O–H groups in total. The van der Waals surface area contributed by atoms with Gasteiger partial charge in [-0.05, 0) is 130 Å². The van der Waals surface area contributed by atoms with E-state index in [9.17, 15) is 0 Å². The van der Waals surface area contributed by atoms with E-state index >= 15 is 0 Å². The van der Waals surface area contributed by atoms with Gasteiger partial charge in [0.25, 0.3) is 0 Å². The molecule has 0 aliphatic heterocycles. The van der Waals surface area contributed by atoms with Crippen molar-refractivity contribution in [2.45, 2.75) is 156 Å². The van der Waals surface area contributed by atoms with E-state index in [2.05, 4.69) is 83.8 Å². The molecule has 0 saturated heterocycles. The number of nitrogens with two attached hydrogens (primary N) is 4. The van der Waals surface area contributed by atoms with Crippen LogP contribution < -0.4 is 22.9 Å². The maximum atomic E-state index is 7.04. The summed E-state index contributed by atoms with van der Waals surface area (Å²) in [4.78, 5) is 12.2. The van der Waals surface area contributed by atoms with Gasteiger partial charge in [-0.2, -0.15) is 0 Å². The van der Waals surface area contributed by atoms with Crippen LogP contribution in [0.15, 0.2) is 31.8 Å². The number of halogens is 2. The highest BCUT2D eigenvalue weighted by Gasteiger charge is 2.27. The number of aryl methyl sites for hydroxylation is 4. The Morgan fingerprint density at radius 3 is 0.883 bits per heavy atom. The maximum Gasteiger partial charge on any atom is 0.0752 e. The van der Waals surface area contributed by atoms with Gasteiger partial charge in [-0.25, -0.2) is 0 Å². The molecule has 60 heavy (non-hydrogen) atoms. The molecule has 0 atom stereocenters. The predicted molar refractivity (Wildman–Crippen MR) is 285 cm³/mol. The standard InChI is InChI=1S/C48H64Br2N4S6/c1-5-9-13-17-21-29-25-33(55-41(29)45-37(51)39(53)47(59-45)43-31(27-35(49)57-43)23-19-15-11-7-3)34-26-30(22-18-14-10-6-2)42(56-34)46-38(52)40(54)48(60-46)44-32(28-36(50)58-44)24-20-16-12-8-4/h25-28H,5-24,51-54H2,1-4H3. The zero-order chi connectivity index (χ0) is 42.8. The summed E-state index contributed by atoms with van der Waals surface area (Å²) in [7, 11) is 0. The van der Waals surface area contributed by atoms with E-state index in [1.807, 2.05) is 22.7 Å². The van der Waals surface area contributed by atoms with E-state index in [0.717, 1.165) is 88.4 Å². The quantitative estimate of drug-likeness (QED) is 0.0429. The van der Waals surface area contributed by atoms with Crippen LogP contribution in [0.4, 0.5) is 22.7 Å². The summed E-state index contributed by atoms with van der Waals surface area (Å²) in [5, 5.41) is 0. The largest absolute Gasteiger partial charge is 0.396 e. The minimum absolute atomic E-state index is 0.724. The Morgan fingerprint density at radius 1 is 0.333 bits per heavy atom. The molecule has 6 heterocycles. The number of rotatable bonds is 25. The van der Waals surface area contributed by atoms with Crippen LogP contribution in [-0.4, -0.2) is 0 Å². The van der Waals surface area contributed by atoms with Crippen LogP contribution in [0.3, 0.4) is 0 Å². The van der Waals surface area contributed by atoms with Crippen LogP contribution in [0, 0.1) is 0 Å². The lowest BCUT2D eigenvalue weighted by molar-refractivity contribution is 0.668. The molecule has 0 bridgehead atoms. The van der Waals surface area contributed by atoms with Crippen molar-refractivity contribution in [1.82, 2.24) is 0 Å². The average molecular weight is 1050 g/mol. The number of nitrogen functional groups attached to an aromatic ring is 4. The molecule has 0 fully saturated rings. The Hall–Kier alpha value is -1.64. The first-order valence-corrected chi connectivity index (χ1v) is 28.8. The van der Waals surface area contributed by atoms with Gasteiger partial charge in [-0.1, -0.05) is 105 Å². The molecule has 0 aliphatic carbocycles. The number of anilines is 4. The van der Waals surface area contributed by atoms with Crippen LogP contribution in [0.25, 0.3) is 48.8 Å². The van der Waals surface area contributed by atoms with E-state index < -0.39 is 0 Å². The van der Waals surface area contributed by atoms with Crippen molar-refractivity contribution in [3.05, 3.63) is 54.1 Å². The van der Waals surface area contributed by atoms with Crippen molar-refractivity contribution >= 4 is 123 Å². The summed E-state index contributed by atoms with van der Waals surface area (Å²) in [6.07, 6.45) is 23.8. The molecule has 0 saturated carbocycles. The molecule has 0 spiro atoms. The average Bonchev–Trinajstić information content (AvgIpc) is 4.09. The topological polar surface area (TPSA) is 104 Å². The van der Waals surface area contributed by atoms with Crippen molar-refractivity contribution in [3.8, 4) is 48.8 Å². The third-order valence-corrected chi connectivity index (χ3v) is 20.4. The summed E-state index contributed by atoms with van der Waals surface area (Å²) in [6.45, 7) is 9.10. The summed E-state index contributed by atoms with van der Waals surface area (Å²) < 4.78 is 2.30. The van der Waals surface area contributed by atoms with Crippen molar-refractivity contribution < 1.29 is 0 Å². The van der Waals surface area contributed by atoms with E-state index in [4.69, 9.17) is 22.9 Å². The summed E-state index contributed by atoms with van der Waals surface area (Å²) in [5.41, 5.74) is 36.4. The van der Waals surface area contributed by atoms with Gasteiger partial charge in [-0.15, -0.1) is 68.0 Å². The highest BCUT2D eigenvalue weighted by atomic mass is 79.9. The first kappa shape index (κ1) is 47.8. The molecule has 12 heteroatoms. The second-order valence-corrected chi connectivity index (χ2v) is 25.2. The fourth-order valence-electron chi connectivity index (χ4n) is 7.96. The zero-order valence-corrected chi connectivity index (χ0v) is 44.0. The Bertz CT molecular complexity index is 2130. The smallest absolute Gasteiger partial charge is 0.0752 e. The van der Waals surface area contributed by atoms with Crippen molar-refractivity contribution in [2.75, 3.05) is 22.9 Å². The van der Waals surface area contributed by atoms with Crippen LogP contribution in [0.1, 0.15) is 153 Å². The lowest BCUT2D eigenvalue weighted by Crippen LogP contribution is -1.94. The Labute approximate surface area is 400 Å². The second-order valence-electron chi connectivity index (χ2n) is 16.2. The highest BCUT2D eigenvalue weighted by Crippen LogP contribution is 2.56. The van der Waals surface area contributed by atoms with Crippen molar-refractivity contribution in [3.63, 3.8) is 0 Å². The summed E-state index contributed by atoms with van der Waals surface area (Å²) in [5.74, 6) is 0. The van der Waals surface area contributed by atoms with Gasteiger partial charge in [0.15, 0.2) is 0 Å². The molecular weight excluding hydrogens is 985 g/mol. The fourth-order valence-corrected chi connectivity index (χ4v) is 16.8. The lowest BCUT2D eigenvalue weighted by Gasteiger charge is -2.03. The van der Waals surface area contributed by atoms with Crippen LogP contribution in [0.2, 0.25) is 0 Å².